The number of anilines is 1. The van der Waals surface area contributed by atoms with Gasteiger partial charge in [-0.15, -0.1) is 0 Å². The molecule has 0 aliphatic carbocycles. The molecular weight excluding hydrogens is 378 g/mol. The van der Waals surface area contributed by atoms with Crippen molar-refractivity contribution < 1.29 is 9.47 Å². The van der Waals surface area contributed by atoms with E-state index in [2.05, 4.69) is 15.1 Å². The van der Waals surface area contributed by atoms with Crippen LogP contribution >= 0.6 is 11.3 Å². The Labute approximate surface area is 164 Å². The third-order valence-corrected chi connectivity index (χ3v) is 5.11. The number of allylic oxidation sites excluding steroid dienone is 2. The summed E-state index contributed by atoms with van der Waals surface area (Å²) in [5.41, 5.74) is 7.71. The Kier molecular flexibility index (Phi) is 4.66. The molecule has 0 fully saturated rings. The van der Waals surface area contributed by atoms with Crippen LogP contribution in [0.1, 0.15) is 16.1 Å². The van der Waals surface area contributed by atoms with Crippen LogP contribution in [-0.4, -0.2) is 35.0 Å². The van der Waals surface area contributed by atoms with Crippen LogP contribution in [0.3, 0.4) is 0 Å². The predicted octanol–water partition coefficient (Wildman–Crippen LogP) is 2.32. The number of aliphatic imine (C=N–C) groups is 1. The molecule has 0 bridgehead atoms. The molecule has 0 atom stereocenters. The molecule has 9 heteroatoms. The van der Waals surface area contributed by atoms with E-state index in [1.165, 1.54) is 15.9 Å². The van der Waals surface area contributed by atoms with Crippen LogP contribution in [0.15, 0.2) is 45.8 Å². The summed E-state index contributed by atoms with van der Waals surface area (Å²) in [4.78, 5) is 21.1. The maximum absolute atomic E-state index is 12.4. The van der Waals surface area contributed by atoms with Crippen molar-refractivity contribution in [2.24, 2.45) is 4.99 Å². The number of hydrogen-bond donors (Lipinski definition) is 1. The van der Waals surface area contributed by atoms with E-state index in [0.717, 1.165) is 10.6 Å². The lowest BCUT2D eigenvalue weighted by Crippen LogP contribution is -2.16. The largest absolute Gasteiger partial charge is 0.493 e. The first-order chi connectivity index (χ1) is 13.6. The molecule has 3 aromatic rings. The van der Waals surface area contributed by atoms with Gasteiger partial charge in [0.2, 0.25) is 4.96 Å². The van der Waals surface area contributed by atoms with Gasteiger partial charge in [0.1, 0.15) is 10.8 Å². The Morgan fingerprint density at radius 2 is 2.07 bits per heavy atom. The van der Waals surface area contributed by atoms with Gasteiger partial charge in [0.25, 0.3) is 5.56 Å². The third kappa shape index (κ3) is 3.27. The molecule has 2 N–H and O–H groups in total. The van der Waals surface area contributed by atoms with Gasteiger partial charge >= 0.3 is 0 Å². The second kappa shape index (κ2) is 7.28. The quantitative estimate of drug-likeness (QED) is 0.711. The first kappa shape index (κ1) is 17.9. The highest BCUT2D eigenvalue weighted by molar-refractivity contribution is 7.16. The zero-order chi connectivity index (χ0) is 19.7. The summed E-state index contributed by atoms with van der Waals surface area (Å²) >= 11 is 1.32. The molecule has 0 radical (unpaired) electrons. The van der Waals surface area contributed by atoms with E-state index in [4.69, 9.17) is 15.2 Å². The maximum atomic E-state index is 12.4. The summed E-state index contributed by atoms with van der Waals surface area (Å²) in [6.07, 6.45) is 7.39. The summed E-state index contributed by atoms with van der Waals surface area (Å²) in [6, 6.07) is 5.68. The van der Waals surface area contributed by atoms with E-state index in [9.17, 15) is 4.79 Å². The Bertz CT molecular complexity index is 1190. The average molecular weight is 395 g/mol. The van der Waals surface area contributed by atoms with Crippen molar-refractivity contribution in [3.05, 3.63) is 62.5 Å². The monoisotopic (exact) mass is 395 g/mol. The second-order valence-corrected chi connectivity index (χ2v) is 7.02. The molecule has 142 valence electrons. The lowest BCUT2D eigenvalue weighted by atomic mass is 10.1. The summed E-state index contributed by atoms with van der Waals surface area (Å²) in [5.74, 6) is 1.55. The number of ether oxygens (including phenoxy) is 2. The highest BCUT2D eigenvalue weighted by Gasteiger charge is 2.15. The fourth-order valence-electron chi connectivity index (χ4n) is 2.84. The first-order valence-electron chi connectivity index (χ1n) is 8.40. The number of nitrogens with two attached hydrogens (primary N) is 1. The van der Waals surface area contributed by atoms with Gasteiger partial charge < -0.3 is 15.2 Å². The fraction of sp³-hybridized carbons (Fsp3) is 0.158. The maximum Gasteiger partial charge on any atom is 0.283 e. The van der Waals surface area contributed by atoms with Gasteiger partial charge in [0, 0.05) is 12.6 Å². The van der Waals surface area contributed by atoms with Crippen LogP contribution in [0.25, 0.3) is 11.0 Å². The van der Waals surface area contributed by atoms with Crippen molar-refractivity contribution in [1.82, 2.24) is 14.6 Å². The minimum absolute atomic E-state index is 0.243. The van der Waals surface area contributed by atoms with Crippen molar-refractivity contribution in [2.45, 2.75) is 6.42 Å². The van der Waals surface area contributed by atoms with Gasteiger partial charge in [-0.25, -0.2) is 0 Å². The number of nitrogens with zero attached hydrogens (tertiary/aromatic N) is 4. The summed E-state index contributed by atoms with van der Waals surface area (Å²) in [7, 11) is 3.19. The van der Waals surface area contributed by atoms with Crippen LogP contribution in [0, 0.1) is 0 Å². The molecule has 8 nitrogen and oxygen atoms in total. The molecule has 0 amide bonds. The first-order valence-corrected chi connectivity index (χ1v) is 9.22. The number of aromatic nitrogens is 3. The smallest absolute Gasteiger partial charge is 0.283 e. The molecule has 28 heavy (non-hydrogen) atoms. The zero-order valence-corrected chi connectivity index (χ0v) is 16.1. The highest BCUT2D eigenvalue weighted by Crippen LogP contribution is 2.29. The molecule has 4 rings (SSSR count). The summed E-state index contributed by atoms with van der Waals surface area (Å²) in [5, 5.41) is 5.31. The minimum Gasteiger partial charge on any atom is -0.493 e. The standard InChI is InChI=1S/C19H17N5O3S/c1-26-14-6-5-11(8-15(14)27-2)9-16-23-24-17(20)13(10-12-4-3-7-21-12)18(25)22-19(24)28-16/h3-8,10H,9,20H2,1-2H3/b12-10+. The summed E-state index contributed by atoms with van der Waals surface area (Å²) < 4.78 is 12.1. The molecule has 1 aromatic carbocycles. The van der Waals surface area contributed by atoms with Crippen molar-refractivity contribution in [3.8, 4) is 11.5 Å². The van der Waals surface area contributed by atoms with Gasteiger partial charge in [0.15, 0.2) is 11.5 Å². The second-order valence-electron chi connectivity index (χ2n) is 5.98. The van der Waals surface area contributed by atoms with Gasteiger partial charge in [0.05, 0.1) is 25.5 Å². The number of benzene rings is 1. The fourth-order valence-corrected chi connectivity index (χ4v) is 3.77. The van der Waals surface area contributed by atoms with Gasteiger partial charge in [-0.1, -0.05) is 17.4 Å². The molecule has 1 aliphatic heterocycles. The van der Waals surface area contributed by atoms with E-state index < -0.39 is 5.56 Å². The third-order valence-electron chi connectivity index (χ3n) is 4.21. The molecule has 0 spiro atoms. The predicted molar refractivity (Wildman–Crippen MR) is 110 cm³/mol. The van der Waals surface area contributed by atoms with E-state index in [1.54, 1.807) is 38.7 Å². The Morgan fingerprint density at radius 1 is 1.25 bits per heavy atom. The topological polar surface area (TPSA) is 104 Å². The van der Waals surface area contributed by atoms with Crippen LogP contribution in [0.2, 0.25) is 0 Å². The van der Waals surface area contributed by atoms with Crippen molar-refractivity contribution >= 4 is 34.4 Å². The van der Waals surface area contributed by atoms with Crippen LogP contribution in [-0.2, 0) is 6.42 Å². The highest BCUT2D eigenvalue weighted by atomic mass is 32.1. The number of nitrogen functional groups attached to an aromatic ring is 1. The molecular formula is C19H17N5O3S. The van der Waals surface area contributed by atoms with Crippen LogP contribution < -0.4 is 20.8 Å². The van der Waals surface area contributed by atoms with Crippen molar-refractivity contribution in [2.75, 3.05) is 20.0 Å². The van der Waals surface area contributed by atoms with Crippen LogP contribution in [0.4, 0.5) is 5.82 Å². The van der Waals surface area contributed by atoms with Gasteiger partial charge in [-0.2, -0.15) is 14.6 Å². The summed E-state index contributed by atoms with van der Waals surface area (Å²) in [6.45, 7) is 0. The van der Waals surface area contributed by atoms with Gasteiger partial charge in [-0.3, -0.25) is 9.79 Å². The Balaban J connectivity index is 1.71. The zero-order valence-electron chi connectivity index (χ0n) is 15.2. The number of methoxy groups -OCH3 is 2. The molecule has 1 aliphatic rings. The van der Waals surface area contributed by atoms with E-state index >= 15 is 0 Å². The van der Waals surface area contributed by atoms with Crippen molar-refractivity contribution in [1.29, 1.82) is 0 Å². The van der Waals surface area contributed by atoms with Crippen molar-refractivity contribution in [3.63, 3.8) is 0 Å². The number of fused-ring (bicyclic) bond motifs is 1. The van der Waals surface area contributed by atoms with Crippen LogP contribution in [0.5, 0.6) is 11.5 Å². The number of hydrogen-bond acceptors (Lipinski definition) is 8. The SMILES string of the molecule is COc1ccc(Cc2nn3c(N)c(/C=C4\C=CC=N4)c(=O)nc3s2)cc1OC. The average Bonchev–Trinajstić information content (AvgIpc) is 3.34. The number of rotatable bonds is 5. The van der Waals surface area contributed by atoms with Gasteiger partial charge in [-0.05, 0) is 35.9 Å². The molecule has 3 heterocycles. The Hall–Kier alpha value is -3.46. The molecule has 0 unspecified atom stereocenters. The minimum atomic E-state index is -0.401. The molecule has 0 saturated carbocycles. The lowest BCUT2D eigenvalue weighted by Gasteiger charge is -2.08. The Morgan fingerprint density at radius 3 is 2.79 bits per heavy atom. The van der Waals surface area contributed by atoms with E-state index in [1.807, 2.05) is 18.2 Å². The van der Waals surface area contributed by atoms with E-state index in [0.29, 0.717) is 28.6 Å². The normalized spacial score (nSPS) is 14.3. The van der Waals surface area contributed by atoms with E-state index in [-0.39, 0.29) is 11.4 Å². The lowest BCUT2D eigenvalue weighted by molar-refractivity contribution is 0.354. The molecule has 2 aromatic heterocycles. The molecule has 0 saturated heterocycles.